The molecular weight excluding hydrogens is 300 g/mol. The van der Waals surface area contributed by atoms with E-state index in [9.17, 15) is 4.79 Å². The summed E-state index contributed by atoms with van der Waals surface area (Å²) < 4.78 is 5.56. The third-order valence-corrected chi connectivity index (χ3v) is 4.66. The lowest BCUT2D eigenvalue weighted by Gasteiger charge is -2.14. The number of hydrogen-bond donors (Lipinski definition) is 1. The molecule has 0 fully saturated rings. The van der Waals surface area contributed by atoms with E-state index in [1.165, 1.54) is 22.3 Å². The van der Waals surface area contributed by atoms with Gasteiger partial charge in [-0.2, -0.15) is 0 Å². The molecule has 3 rings (SSSR count). The summed E-state index contributed by atoms with van der Waals surface area (Å²) in [4.78, 5) is 12.0. The summed E-state index contributed by atoms with van der Waals surface area (Å²) in [5.74, 6) is 0.0107. The maximum absolute atomic E-state index is 12.0. The second-order valence-electron chi connectivity index (χ2n) is 6.30. The highest BCUT2D eigenvalue weighted by Gasteiger charge is 2.28. The van der Waals surface area contributed by atoms with Crippen LogP contribution in [0.4, 0.5) is 0 Å². The topological polar surface area (TPSA) is 46.5 Å². The molecule has 1 N–H and O–H groups in total. The van der Waals surface area contributed by atoms with Crippen LogP contribution in [0.5, 0.6) is 0 Å². The van der Waals surface area contributed by atoms with Gasteiger partial charge in [-0.05, 0) is 35.1 Å². The van der Waals surface area contributed by atoms with Crippen LogP contribution in [0.25, 0.3) is 11.1 Å². The van der Waals surface area contributed by atoms with E-state index in [4.69, 9.17) is 9.84 Å². The smallest absolute Gasteiger partial charge is 0.305 e. The second kappa shape index (κ2) is 8.11. The fourth-order valence-electron chi connectivity index (χ4n) is 3.42. The van der Waals surface area contributed by atoms with Crippen molar-refractivity contribution >= 4 is 5.97 Å². The number of ether oxygens (including phenoxy) is 1. The molecule has 0 atom stereocenters. The Morgan fingerprint density at radius 3 is 2.08 bits per heavy atom. The second-order valence-corrected chi connectivity index (χ2v) is 6.30. The Labute approximate surface area is 143 Å². The molecule has 24 heavy (non-hydrogen) atoms. The number of carbonyl (C=O) groups is 1. The van der Waals surface area contributed by atoms with E-state index in [2.05, 4.69) is 36.4 Å². The van der Waals surface area contributed by atoms with Gasteiger partial charge in [0.2, 0.25) is 0 Å². The molecule has 0 aliphatic heterocycles. The summed E-state index contributed by atoms with van der Waals surface area (Å²) in [6, 6.07) is 16.7. The largest absolute Gasteiger partial charge is 0.465 e. The summed E-state index contributed by atoms with van der Waals surface area (Å²) >= 11 is 0. The molecule has 0 bridgehead atoms. The molecule has 0 aromatic heterocycles. The Morgan fingerprint density at radius 2 is 1.46 bits per heavy atom. The molecule has 0 saturated heterocycles. The normalized spacial score (nSPS) is 12.7. The van der Waals surface area contributed by atoms with Crippen molar-refractivity contribution in [2.45, 2.75) is 38.0 Å². The van der Waals surface area contributed by atoms with E-state index in [0.29, 0.717) is 13.0 Å². The number of unbranched alkanes of at least 4 members (excludes halogenated alkanes) is 3. The molecule has 0 heterocycles. The van der Waals surface area contributed by atoms with Crippen molar-refractivity contribution in [3.63, 3.8) is 0 Å². The zero-order chi connectivity index (χ0) is 16.8. The van der Waals surface area contributed by atoms with Gasteiger partial charge in [-0.3, -0.25) is 4.79 Å². The summed E-state index contributed by atoms with van der Waals surface area (Å²) in [5.41, 5.74) is 4.99. The van der Waals surface area contributed by atoms with Crippen LogP contribution in [-0.2, 0) is 9.53 Å². The van der Waals surface area contributed by atoms with E-state index in [-0.39, 0.29) is 18.5 Å². The highest BCUT2D eigenvalue weighted by Crippen LogP contribution is 2.44. The molecular formula is C21H24O3. The van der Waals surface area contributed by atoms with Crippen molar-refractivity contribution in [1.29, 1.82) is 0 Å². The summed E-state index contributed by atoms with van der Waals surface area (Å²) in [6.07, 6.45) is 4.03. The first-order chi connectivity index (χ1) is 11.8. The number of aliphatic hydroxyl groups is 1. The van der Waals surface area contributed by atoms with Crippen LogP contribution < -0.4 is 0 Å². The SMILES string of the molecule is O=C(CCCCCCO)OCC1c2ccccc2-c2ccccc21. The van der Waals surface area contributed by atoms with Crippen LogP contribution in [0.3, 0.4) is 0 Å². The number of benzene rings is 2. The van der Waals surface area contributed by atoms with Crippen molar-refractivity contribution < 1.29 is 14.6 Å². The average molecular weight is 324 g/mol. The lowest BCUT2D eigenvalue weighted by Crippen LogP contribution is -2.12. The molecule has 0 radical (unpaired) electrons. The molecule has 3 heteroatoms. The fraction of sp³-hybridized carbons (Fsp3) is 0.381. The molecule has 1 aliphatic rings. The van der Waals surface area contributed by atoms with Gasteiger partial charge in [0.15, 0.2) is 0 Å². The van der Waals surface area contributed by atoms with Crippen LogP contribution in [0.2, 0.25) is 0 Å². The first kappa shape index (κ1) is 16.7. The Hall–Kier alpha value is -2.13. The minimum atomic E-state index is -0.124. The van der Waals surface area contributed by atoms with E-state index in [1.54, 1.807) is 0 Å². The minimum absolute atomic E-state index is 0.124. The first-order valence-corrected chi connectivity index (χ1v) is 8.76. The summed E-state index contributed by atoms with van der Waals surface area (Å²) in [7, 11) is 0. The van der Waals surface area contributed by atoms with Gasteiger partial charge in [-0.25, -0.2) is 0 Å². The molecule has 3 nitrogen and oxygen atoms in total. The zero-order valence-corrected chi connectivity index (χ0v) is 13.9. The molecule has 0 amide bonds. The monoisotopic (exact) mass is 324 g/mol. The fourth-order valence-corrected chi connectivity index (χ4v) is 3.42. The molecule has 0 unspecified atom stereocenters. The van der Waals surface area contributed by atoms with Crippen LogP contribution in [0.1, 0.15) is 49.1 Å². The number of fused-ring (bicyclic) bond motifs is 3. The Kier molecular flexibility index (Phi) is 5.65. The van der Waals surface area contributed by atoms with Gasteiger partial charge < -0.3 is 9.84 Å². The minimum Gasteiger partial charge on any atom is -0.465 e. The van der Waals surface area contributed by atoms with Crippen LogP contribution >= 0.6 is 0 Å². The standard InChI is InChI=1S/C21H24O3/c22-14-8-2-1-3-13-21(23)24-15-20-18-11-6-4-9-16(18)17-10-5-7-12-19(17)20/h4-7,9-12,20,22H,1-3,8,13-15H2. The van der Waals surface area contributed by atoms with Crippen molar-refractivity contribution in [2.75, 3.05) is 13.2 Å². The highest BCUT2D eigenvalue weighted by atomic mass is 16.5. The molecule has 126 valence electrons. The predicted molar refractivity (Wildman–Crippen MR) is 94.9 cm³/mol. The zero-order valence-electron chi connectivity index (χ0n) is 13.9. The number of carbonyl (C=O) groups excluding carboxylic acids is 1. The highest BCUT2D eigenvalue weighted by molar-refractivity contribution is 5.79. The van der Waals surface area contributed by atoms with E-state index in [1.807, 2.05) is 12.1 Å². The molecule has 0 spiro atoms. The summed E-state index contributed by atoms with van der Waals surface area (Å²) in [6.45, 7) is 0.633. The maximum Gasteiger partial charge on any atom is 0.305 e. The molecule has 0 saturated carbocycles. The van der Waals surface area contributed by atoms with E-state index >= 15 is 0 Å². The lowest BCUT2D eigenvalue weighted by molar-refractivity contribution is -0.144. The molecule has 1 aliphatic carbocycles. The summed E-state index contributed by atoms with van der Waals surface area (Å²) in [5, 5.41) is 8.75. The quantitative estimate of drug-likeness (QED) is 0.582. The van der Waals surface area contributed by atoms with E-state index in [0.717, 1.165) is 25.7 Å². The number of rotatable bonds is 8. The van der Waals surface area contributed by atoms with Gasteiger partial charge in [0, 0.05) is 18.9 Å². The number of hydrogen-bond acceptors (Lipinski definition) is 3. The third kappa shape index (κ3) is 3.68. The Bertz CT molecular complexity index is 647. The van der Waals surface area contributed by atoms with Crippen molar-refractivity contribution in [1.82, 2.24) is 0 Å². The predicted octanol–water partition coefficient (Wildman–Crippen LogP) is 4.28. The van der Waals surface area contributed by atoms with Gasteiger partial charge in [0.1, 0.15) is 6.61 Å². The van der Waals surface area contributed by atoms with E-state index < -0.39 is 0 Å². The molecule has 2 aromatic rings. The third-order valence-electron chi connectivity index (χ3n) is 4.66. The van der Waals surface area contributed by atoms with Gasteiger partial charge in [-0.1, -0.05) is 61.4 Å². The molecule has 2 aromatic carbocycles. The van der Waals surface area contributed by atoms with Gasteiger partial charge >= 0.3 is 5.97 Å². The van der Waals surface area contributed by atoms with Crippen molar-refractivity contribution in [3.05, 3.63) is 59.7 Å². The lowest BCUT2D eigenvalue weighted by atomic mass is 9.98. The van der Waals surface area contributed by atoms with Crippen LogP contribution in [0.15, 0.2) is 48.5 Å². The van der Waals surface area contributed by atoms with Gasteiger partial charge in [-0.15, -0.1) is 0 Å². The van der Waals surface area contributed by atoms with Crippen LogP contribution in [0, 0.1) is 0 Å². The van der Waals surface area contributed by atoms with Gasteiger partial charge in [0.05, 0.1) is 0 Å². The number of aliphatic hydroxyl groups excluding tert-OH is 1. The number of esters is 1. The van der Waals surface area contributed by atoms with Crippen molar-refractivity contribution in [3.8, 4) is 11.1 Å². The Balaban J connectivity index is 1.58. The van der Waals surface area contributed by atoms with Crippen LogP contribution in [-0.4, -0.2) is 24.3 Å². The Morgan fingerprint density at radius 1 is 0.875 bits per heavy atom. The average Bonchev–Trinajstić information content (AvgIpc) is 2.94. The maximum atomic E-state index is 12.0. The first-order valence-electron chi connectivity index (χ1n) is 8.76. The van der Waals surface area contributed by atoms with Crippen molar-refractivity contribution in [2.24, 2.45) is 0 Å². The van der Waals surface area contributed by atoms with Gasteiger partial charge in [0.25, 0.3) is 0 Å².